The molecule has 2 aliphatic rings. The van der Waals surface area contributed by atoms with E-state index in [2.05, 4.69) is 17.1 Å². The van der Waals surface area contributed by atoms with Crippen LogP contribution in [0.15, 0.2) is 24.3 Å². The number of carbonyl (C=O) groups excluding carboxylic acids is 1. The number of amides is 1. The number of likely N-dealkylation sites (tertiary alicyclic amines) is 1. The van der Waals surface area contributed by atoms with Gasteiger partial charge in [-0.1, -0.05) is 17.7 Å². The molecule has 0 bridgehead atoms. The van der Waals surface area contributed by atoms with Crippen LogP contribution in [0.4, 0.5) is 0 Å². The van der Waals surface area contributed by atoms with Crippen LogP contribution in [-0.2, 0) is 0 Å². The Morgan fingerprint density at radius 3 is 2.70 bits per heavy atom. The van der Waals surface area contributed by atoms with Gasteiger partial charge in [-0.15, -0.1) is 0 Å². The highest BCUT2D eigenvalue weighted by molar-refractivity contribution is 5.94. The van der Waals surface area contributed by atoms with Crippen molar-refractivity contribution < 1.29 is 4.79 Å². The van der Waals surface area contributed by atoms with Gasteiger partial charge in [0.25, 0.3) is 5.91 Å². The van der Waals surface area contributed by atoms with Crippen molar-refractivity contribution in [2.45, 2.75) is 38.6 Å². The quantitative estimate of drug-likeness (QED) is 0.897. The van der Waals surface area contributed by atoms with E-state index in [1.54, 1.807) is 0 Å². The van der Waals surface area contributed by atoms with E-state index in [9.17, 15) is 4.79 Å². The molecule has 108 valence electrons. The predicted molar refractivity (Wildman–Crippen MR) is 80.8 cm³/mol. The van der Waals surface area contributed by atoms with Crippen LogP contribution >= 0.6 is 0 Å². The molecule has 2 saturated heterocycles. The SMILES string of the molecule is Cc1ccc(C(=O)N2CCCC(C3CCCN3)C2)cc1. The predicted octanol–water partition coefficient (Wildman–Crippen LogP) is 2.60. The van der Waals surface area contributed by atoms with Gasteiger partial charge in [0, 0.05) is 24.7 Å². The Morgan fingerprint density at radius 1 is 1.20 bits per heavy atom. The minimum absolute atomic E-state index is 0.202. The molecule has 1 aromatic rings. The molecule has 0 aromatic heterocycles. The Hall–Kier alpha value is -1.35. The van der Waals surface area contributed by atoms with Crippen molar-refractivity contribution in [2.24, 2.45) is 5.92 Å². The second kappa shape index (κ2) is 5.96. The van der Waals surface area contributed by atoms with Crippen molar-refractivity contribution in [3.63, 3.8) is 0 Å². The summed E-state index contributed by atoms with van der Waals surface area (Å²) >= 11 is 0. The highest BCUT2D eigenvalue weighted by Crippen LogP contribution is 2.25. The Kier molecular flexibility index (Phi) is 4.06. The lowest BCUT2D eigenvalue weighted by atomic mass is 9.89. The van der Waals surface area contributed by atoms with Crippen LogP contribution in [0, 0.1) is 12.8 Å². The molecule has 0 saturated carbocycles. The maximum Gasteiger partial charge on any atom is 0.253 e. The van der Waals surface area contributed by atoms with Gasteiger partial charge in [0.15, 0.2) is 0 Å². The standard InChI is InChI=1S/C17H24N2O/c1-13-6-8-14(9-7-13)17(20)19-11-3-4-15(12-19)16-5-2-10-18-16/h6-9,15-16,18H,2-5,10-12H2,1H3. The molecule has 1 N–H and O–H groups in total. The summed E-state index contributed by atoms with van der Waals surface area (Å²) in [6.07, 6.45) is 4.96. The summed E-state index contributed by atoms with van der Waals surface area (Å²) in [6.45, 7) is 5.03. The Bertz CT molecular complexity index is 462. The molecule has 0 radical (unpaired) electrons. The van der Waals surface area contributed by atoms with Crippen LogP contribution in [0.5, 0.6) is 0 Å². The first kappa shape index (κ1) is 13.6. The minimum atomic E-state index is 0.202. The molecule has 20 heavy (non-hydrogen) atoms. The molecular formula is C17H24N2O. The normalized spacial score (nSPS) is 26.8. The third kappa shape index (κ3) is 2.88. The lowest BCUT2D eigenvalue weighted by Gasteiger charge is -2.36. The highest BCUT2D eigenvalue weighted by Gasteiger charge is 2.31. The van der Waals surface area contributed by atoms with Crippen LogP contribution in [0.2, 0.25) is 0 Å². The van der Waals surface area contributed by atoms with Gasteiger partial charge < -0.3 is 10.2 Å². The molecule has 0 spiro atoms. The van der Waals surface area contributed by atoms with Crippen LogP contribution < -0.4 is 5.32 Å². The summed E-state index contributed by atoms with van der Waals surface area (Å²) in [4.78, 5) is 14.6. The number of piperidine rings is 1. The molecule has 2 fully saturated rings. The van der Waals surface area contributed by atoms with Gasteiger partial charge in [0.05, 0.1) is 0 Å². The first-order valence-corrected chi connectivity index (χ1v) is 7.83. The third-order valence-electron chi connectivity index (χ3n) is 4.71. The van der Waals surface area contributed by atoms with Crippen molar-refractivity contribution in [3.8, 4) is 0 Å². The maximum absolute atomic E-state index is 12.6. The van der Waals surface area contributed by atoms with Crippen LogP contribution in [0.3, 0.4) is 0 Å². The van der Waals surface area contributed by atoms with Gasteiger partial charge in [0.2, 0.25) is 0 Å². The summed E-state index contributed by atoms with van der Waals surface area (Å²) in [7, 11) is 0. The van der Waals surface area contributed by atoms with Gasteiger partial charge in [-0.2, -0.15) is 0 Å². The van der Waals surface area contributed by atoms with Crippen LogP contribution in [0.1, 0.15) is 41.6 Å². The second-order valence-corrected chi connectivity index (χ2v) is 6.22. The van der Waals surface area contributed by atoms with E-state index >= 15 is 0 Å². The Balaban J connectivity index is 1.66. The van der Waals surface area contributed by atoms with Gasteiger partial charge in [0.1, 0.15) is 0 Å². The van der Waals surface area contributed by atoms with Crippen molar-refractivity contribution >= 4 is 5.91 Å². The Labute approximate surface area is 121 Å². The second-order valence-electron chi connectivity index (χ2n) is 6.22. The van der Waals surface area contributed by atoms with Crippen LogP contribution in [-0.4, -0.2) is 36.5 Å². The number of nitrogens with one attached hydrogen (secondary N) is 1. The monoisotopic (exact) mass is 272 g/mol. The molecule has 2 unspecified atom stereocenters. The zero-order chi connectivity index (χ0) is 13.9. The number of hydrogen-bond donors (Lipinski definition) is 1. The van der Waals surface area contributed by atoms with E-state index in [0.717, 1.165) is 31.6 Å². The number of aryl methyl sites for hydroxylation is 1. The minimum Gasteiger partial charge on any atom is -0.338 e. The number of rotatable bonds is 2. The number of hydrogen-bond acceptors (Lipinski definition) is 2. The zero-order valence-electron chi connectivity index (χ0n) is 12.3. The van der Waals surface area contributed by atoms with Crippen molar-refractivity contribution in [1.29, 1.82) is 0 Å². The molecule has 1 amide bonds. The Morgan fingerprint density at radius 2 is 2.00 bits per heavy atom. The molecule has 3 nitrogen and oxygen atoms in total. The molecule has 2 heterocycles. The fraction of sp³-hybridized carbons (Fsp3) is 0.588. The highest BCUT2D eigenvalue weighted by atomic mass is 16.2. The van der Waals surface area contributed by atoms with Gasteiger partial charge in [-0.25, -0.2) is 0 Å². The van der Waals surface area contributed by atoms with Crippen molar-refractivity contribution in [3.05, 3.63) is 35.4 Å². The molecule has 1 aromatic carbocycles. The van der Waals surface area contributed by atoms with Gasteiger partial charge in [-0.05, 0) is 57.2 Å². The third-order valence-corrected chi connectivity index (χ3v) is 4.71. The van der Waals surface area contributed by atoms with E-state index in [-0.39, 0.29) is 5.91 Å². The van der Waals surface area contributed by atoms with Gasteiger partial charge in [-0.3, -0.25) is 4.79 Å². The van der Waals surface area contributed by atoms with E-state index in [0.29, 0.717) is 12.0 Å². The van der Waals surface area contributed by atoms with Gasteiger partial charge >= 0.3 is 0 Å². The van der Waals surface area contributed by atoms with E-state index in [1.807, 2.05) is 24.3 Å². The molecular weight excluding hydrogens is 248 g/mol. The summed E-state index contributed by atoms with van der Waals surface area (Å²) in [6, 6.07) is 8.58. The first-order chi connectivity index (χ1) is 9.74. The maximum atomic E-state index is 12.6. The van der Waals surface area contributed by atoms with E-state index in [4.69, 9.17) is 0 Å². The summed E-state index contributed by atoms with van der Waals surface area (Å²) in [5.41, 5.74) is 2.03. The van der Waals surface area contributed by atoms with E-state index < -0.39 is 0 Å². The number of nitrogens with zero attached hydrogens (tertiary/aromatic N) is 1. The fourth-order valence-corrected chi connectivity index (χ4v) is 3.52. The molecule has 3 heteroatoms. The molecule has 0 aliphatic carbocycles. The summed E-state index contributed by atoms with van der Waals surface area (Å²) in [5.74, 6) is 0.841. The smallest absolute Gasteiger partial charge is 0.253 e. The molecule has 3 rings (SSSR count). The van der Waals surface area contributed by atoms with E-state index in [1.165, 1.54) is 24.8 Å². The number of carbonyl (C=O) groups is 1. The zero-order valence-corrected chi connectivity index (χ0v) is 12.3. The molecule has 2 atom stereocenters. The summed E-state index contributed by atoms with van der Waals surface area (Å²) in [5, 5.41) is 3.60. The van der Waals surface area contributed by atoms with Crippen molar-refractivity contribution in [1.82, 2.24) is 10.2 Å². The topological polar surface area (TPSA) is 32.3 Å². The average Bonchev–Trinajstić information content (AvgIpc) is 3.02. The molecule has 2 aliphatic heterocycles. The fourth-order valence-electron chi connectivity index (χ4n) is 3.52. The van der Waals surface area contributed by atoms with Crippen LogP contribution in [0.25, 0.3) is 0 Å². The lowest BCUT2D eigenvalue weighted by Crippen LogP contribution is -2.45. The average molecular weight is 272 g/mol. The first-order valence-electron chi connectivity index (χ1n) is 7.83. The summed E-state index contributed by atoms with van der Waals surface area (Å²) < 4.78 is 0. The largest absolute Gasteiger partial charge is 0.338 e. The van der Waals surface area contributed by atoms with Crippen molar-refractivity contribution in [2.75, 3.05) is 19.6 Å². The number of benzene rings is 1. The lowest BCUT2D eigenvalue weighted by molar-refractivity contribution is 0.0651.